The second-order valence-corrected chi connectivity index (χ2v) is 5.23. The molecule has 0 amide bonds. The third kappa shape index (κ3) is 3.23. The normalized spacial score (nSPS) is 13.4. The number of rotatable bonds is 5. The predicted octanol–water partition coefficient (Wildman–Crippen LogP) is 3.23. The van der Waals surface area contributed by atoms with Crippen LogP contribution in [-0.4, -0.2) is 17.6 Å². The molecule has 0 saturated carbocycles. The molecule has 0 aliphatic carbocycles. The molecule has 0 spiro atoms. The highest BCUT2D eigenvalue weighted by Gasteiger charge is 2.30. The number of nitrogens with zero attached hydrogens (tertiary/aromatic N) is 1. The van der Waals surface area contributed by atoms with E-state index < -0.39 is 11.4 Å². The van der Waals surface area contributed by atoms with Gasteiger partial charge in [-0.2, -0.15) is 5.26 Å². The van der Waals surface area contributed by atoms with E-state index in [1.807, 2.05) is 13.0 Å². The number of benzene rings is 1. The fraction of sp³-hybridized carbons (Fsp3) is 0.385. The molecule has 96 valence electrons. The van der Waals surface area contributed by atoms with Gasteiger partial charge in [-0.05, 0) is 47.5 Å². The summed E-state index contributed by atoms with van der Waals surface area (Å²) in [7, 11) is 0. The molecule has 0 aliphatic heterocycles. The Labute approximate surface area is 115 Å². The maximum atomic E-state index is 11.2. The standard InChI is InChI=1S/C13H15BrN2O2/c1-3-13(2,12(17)18)8-16-11-5-4-9(7-15)6-10(11)14/h4-6,16H,3,8H2,1-2H3,(H,17,18). The van der Waals surface area contributed by atoms with Crippen molar-refractivity contribution >= 4 is 27.6 Å². The molecular formula is C13H15BrN2O2. The van der Waals surface area contributed by atoms with Crippen LogP contribution in [0.5, 0.6) is 0 Å². The van der Waals surface area contributed by atoms with Gasteiger partial charge in [0.05, 0.1) is 17.0 Å². The van der Waals surface area contributed by atoms with E-state index in [1.54, 1.807) is 25.1 Å². The van der Waals surface area contributed by atoms with Gasteiger partial charge in [-0.1, -0.05) is 6.92 Å². The third-order valence-electron chi connectivity index (χ3n) is 3.06. The van der Waals surface area contributed by atoms with Gasteiger partial charge in [-0.3, -0.25) is 4.79 Å². The van der Waals surface area contributed by atoms with Crippen molar-refractivity contribution in [3.8, 4) is 6.07 Å². The molecule has 0 fully saturated rings. The summed E-state index contributed by atoms with van der Waals surface area (Å²) in [5.41, 5.74) is 0.548. The second kappa shape index (κ2) is 5.87. The highest BCUT2D eigenvalue weighted by Crippen LogP contribution is 2.27. The van der Waals surface area contributed by atoms with Crippen LogP contribution in [0.3, 0.4) is 0 Å². The minimum Gasteiger partial charge on any atom is -0.481 e. The monoisotopic (exact) mass is 310 g/mol. The van der Waals surface area contributed by atoms with Crippen LogP contribution in [0.1, 0.15) is 25.8 Å². The van der Waals surface area contributed by atoms with Gasteiger partial charge in [0, 0.05) is 16.7 Å². The average Bonchev–Trinajstić information content (AvgIpc) is 2.36. The van der Waals surface area contributed by atoms with Gasteiger partial charge in [0.1, 0.15) is 0 Å². The molecule has 1 unspecified atom stereocenters. The maximum absolute atomic E-state index is 11.2. The number of carboxylic acid groups (broad SMARTS) is 1. The van der Waals surface area contributed by atoms with Crippen LogP contribution in [0.4, 0.5) is 5.69 Å². The van der Waals surface area contributed by atoms with E-state index in [1.165, 1.54) is 0 Å². The van der Waals surface area contributed by atoms with Gasteiger partial charge in [-0.25, -0.2) is 0 Å². The van der Waals surface area contributed by atoms with E-state index in [4.69, 9.17) is 10.4 Å². The molecule has 1 atom stereocenters. The zero-order chi connectivity index (χ0) is 13.8. The third-order valence-corrected chi connectivity index (χ3v) is 3.72. The van der Waals surface area contributed by atoms with Crippen LogP contribution in [0.25, 0.3) is 0 Å². The number of nitrogens with one attached hydrogen (secondary N) is 1. The summed E-state index contributed by atoms with van der Waals surface area (Å²) in [6.45, 7) is 3.90. The van der Waals surface area contributed by atoms with Gasteiger partial charge in [0.2, 0.25) is 0 Å². The summed E-state index contributed by atoms with van der Waals surface area (Å²) in [6, 6.07) is 7.20. The van der Waals surface area contributed by atoms with Gasteiger partial charge in [0.25, 0.3) is 0 Å². The largest absolute Gasteiger partial charge is 0.481 e. The summed E-state index contributed by atoms with van der Waals surface area (Å²) < 4.78 is 0.755. The number of hydrogen-bond donors (Lipinski definition) is 2. The van der Waals surface area contributed by atoms with Crippen molar-refractivity contribution in [2.75, 3.05) is 11.9 Å². The van der Waals surface area contributed by atoms with E-state index in [9.17, 15) is 4.79 Å². The lowest BCUT2D eigenvalue weighted by atomic mass is 9.87. The van der Waals surface area contributed by atoms with E-state index in [-0.39, 0.29) is 0 Å². The summed E-state index contributed by atoms with van der Waals surface area (Å²) in [6.07, 6.45) is 0.545. The van der Waals surface area contributed by atoms with Crippen molar-refractivity contribution in [1.29, 1.82) is 5.26 Å². The van der Waals surface area contributed by atoms with Gasteiger partial charge >= 0.3 is 5.97 Å². The lowest BCUT2D eigenvalue weighted by molar-refractivity contribution is -0.147. The van der Waals surface area contributed by atoms with Crippen molar-refractivity contribution in [1.82, 2.24) is 0 Å². The molecule has 18 heavy (non-hydrogen) atoms. The minimum atomic E-state index is -0.817. The lowest BCUT2D eigenvalue weighted by Crippen LogP contribution is -2.34. The van der Waals surface area contributed by atoms with E-state index in [0.29, 0.717) is 18.5 Å². The van der Waals surface area contributed by atoms with Gasteiger partial charge in [0.15, 0.2) is 0 Å². The van der Waals surface area contributed by atoms with Crippen LogP contribution < -0.4 is 5.32 Å². The van der Waals surface area contributed by atoms with E-state index >= 15 is 0 Å². The number of anilines is 1. The van der Waals surface area contributed by atoms with Crippen LogP contribution in [0.2, 0.25) is 0 Å². The molecule has 0 aromatic heterocycles. The van der Waals surface area contributed by atoms with E-state index in [2.05, 4.69) is 21.2 Å². The molecule has 2 N–H and O–H groups in total. The molecule has 1 rings (SSSR count). The average molecular weight is 311 g/mol. The Kier molecular flexibility index (Phi) is 4.74. The predicted molar refractivity (Wildman–Crippen MR) is 73.4 cm³/mol. The molecule has 0 saturated heterocycles. The summed E-state index contributed by atoms with van der Waals surface area (Å²) in [4.78, 5) is 11.2. The molecule has 1 aromatic carbocycles. The first kappa shape index (κ1) is 14.5. The van der Waals surface area contributed by atoms with Crippen molar-refractivity contribution in [3.63, 3.8) is 0 Å². The summed E-state index contributed by atoms with van der Waals surface area (Å²) in [5.74, 6) is -0.817. The van der Waals surface area contributed by atoms with Gasteiger partial charge < -0.3 is 10.4 Å². The maximum Gasteiger partial charge on any atom is 0.311 e. The molecule has 5 heteroatoms. The zero-order valence-electron chi connectivity index (χ0n) is 10.3. The number of carbonyl (C=O) groups is 1. The van der Waals surface area contributed by atoms with Crippen LogP contribution >= 0.6 is 15.9 Å². The van der Waals surface area contributed by atoms with Crippen LogP contribution in [-0.2, 0) is 4.79 Å². The molecule has 0 aliphatic rings. The molecule has 1 aromatic rings. The van der Waals surface area contributed by atoms with E-state index in [0.717, 1.165) is 10.2 Å². The van der Waals surface area contributed by atoms with Crippen LogP contribution in [0, 0.1) is 16.7 Å². The Balaban J connectivity index is 2.81. The zero-order valence-corrected chi connectivity index (χ0v) is 11.9. The first-order chi connectivity index (χ1) is 8.42. The molecule has 4 nitrogen and oxygen atoms in total. The topological polar surface area (TPSA) is 73.1 Å². The SMILES string of the molecule is CCC(C)(CNc1ccc(C#N)cc1Br)C(=O)O. The number of aliphatic carboxylic acids is 1. The summed E-state index contributed by atoms with van der Waals surface area (Å²) in [5, 5.41) is 21.0. The van der Waals surface area contributed by atoms with Crippen molar-refractivity contribution in [3.05, 3.63) is 28.2 Å². The minimum absolute atomic E-state index is 0.337. The van der Waals surface area contributed by atoms with Gasteiger partial charge in [-0.15, -0.1) is 0 Å². The lowest BCUT2D eigenvalue weighted by Gasteiger charge is -2.24. The number of carboxylic acids is 1. The highest BCUT2D eigenvalue weighted by molar-refractivity contribution is 9.10. The highest BCUT2D eigenvalue weighted by atomic mass is 79.9. The Hall–Kier alpha value is -1.54. The Morgan fingerprint density at radius 1 is 1.61 bits per heavy atom. The Morgan fingerprint density at radius 3 is 2.72 bits per heavy atom. The fourth-order valence-corrected chi connectivity index (χ4v) is 1.89. The van der Waals surface area contributed by atoms with Crippen molar-refractivity contribution in [2.45, 2.75) is 20.3 Å². The second-order valence-electron chi connectivity index (χ2n) is 4.38. The Bertz CT molecular complexity index is 496. The van der Waals surface area contributed by atoms with Crippen LogP contribution in [0.15, 0.2) is 22.7 Å². The molecule has 0 bridgehead atoms. The quantitative estimate of drug-likeness (QED) is 0.875. The summed E-state index contributed by atoms with van der Waals surface area (Å²) >= 11 is 3.35. The smallest absolute Gasteiger partial charge is 0.311 e. The Morgan fingerprint density at radius 2 is 2.28 bits per heavy atom. The fourth-order valence-electron chi connectivity index (χ4n) is 1.37. The first-order valence-corrected chi connectivity index (χ1v) is 6.39. The first-order valence-electron chi connectivity index (χ1n) is 5.60. The number of hydrogen-bond acceptors (Lipinski definition) is 3. The van der Waals surface area contributed by atoms with Crippen molar-refractivity contribution < 1.29 is 9.90 Å². The molecule has 0 heterocycles. The molecular weight excluding hydrogens is 296 g/mol. The van der Waals surface area contributed by atoms with Crippen molar-refractivity contribution in [2.24, 2.45) is 5.41 Å². The number of nitriles is 1. The molecule has 0 radical (unpaired) electrons. The number of halogens is 1.